The molecule has 4 aliphatic carbocycles. The van der Waals surface area contributed by atoms with Gasteiger partial charge in [-0.05, 0) is 75.8 Å². The summed E-state index contributed by atoms with van der Waals surface area (Å²) in [5, 5.41) is 58.8. The van der Waals surface area contributed by atoms with E-state index in [1.54, 1.807) is 27.0 Å². The fraction of sp³-hybridized carbons (Fsp3) is 0.703. The van der Waals surface area contributed by atoms with E-state index in [9.17, 15) is 30.3 Å². The first kappa shape index (κ1) is 34.7. The Morgan fingerprint density at radius 1 is 1.09 bits per heavy atom. The van der Waals surface area contributed by atoms with Crippen molar-refractivity contribution in [2.75, 3.05) is 7.11 Å². The Hall–Kier alpha value is -2.15. The predicted molar refractivity (Wildman–Crippen MR) is 173 cm³/mol. The summed E-state index contributed by atoms with van der Waals surface area (Å²) in [6.45, 7) is 7.05. The Morgan fingerprint density at radius 2 is 1.81 bits per heavy atom. The molecule has 10 nitrogen and oxygen atoms in total. The minimum Gasteiger partial charge on any atom is -0.458 e. The normalized spacial score (nSPS) is 47.0. The first-order chi connectivity index (χ1) is 22.1. The van der Waals surface area contributed by atoms with Crippen molar-refractivity contribution in [1.82, 2.24) is 0 Å². The van der Waals surface area contributed by atoms with Crippen molar-refractivity contribution in [2.24, 2.45) is 16.7 Å². The fourth-order valence-corrected chi connectivity index (χ4v) is 10.1. The number of methoxy groups -OCH3 is 1. The predicted octanol–water partition coefficient (Wildman–Crippen LogP) is 3.42. The highest BCUT2D eigenvalue weighted by atomic mass is 16.7. The summed E-state index contributed by atoms with van der Waals surface area (Å²) in [4.78, 5) is 13.4. The zero-order valence-corrected chi connectivity index (χ0v) is 28.2. The number of hydrogen-bond acceptors (Lipinski definition) is 10. The van der Waals surface area contributed by atoms with E-state index in [2.05, 4.69) is 6.92 Å². The van der Waals surface area contributed by atoms with Crippen LogP contribution in [0, 0.1) is 16.7 Å². The van der Waals surface area contributed by atoms with Gasteiger partial charge in [-0.25, -0.2) is 4.79 Å². The van der Waals surface area contributed by atoms with E-state index in [-0.39, 0.29) is 37.9 Å². The van der Waals surface area contributed by atoms with E-state index in [4.69, 9.17) is 18.9 Å². The summed E-state index contributed by atoms with van der Waals surface area (Å²) in [7, 11) is 1.57. The maximum atomic E-state index is 13.4. The van der Waals surface area contributed by atoms with Gasteiger partial charge < -0.3 is 44.5 Å². The minimum atomic E-state index is -1.86. The van der Waals surface area contributed by atoms with E-state index >= 15 is 0 Å². The lowest BCUT2D eigenvalue weighted by molar-refractivity contribution is -0.326. The second-order valence-corrected chi connectivity index (χ2v) is 15.2. The lowest BCUT2D eigenvalue weighted by Gasteiger charge is -2.67. The Bertz CT molecular complexity index is 1380. The fourth-order valence-electron chi connectivity index (χ4n) is 10.1. The number of benzene rings is 1. The van der Waals surface area contributed by atoms with Gasteiger partial charge in [0.25, 0.3) is 0 Å². The lowest BCUT2D eigenvalue weighted by atomic mass is 9.42. The van der Waals surface area contributed by atoms with Gasteiger partial charge in [-0.3, -0.25) is 0 Å². The summed E-state index contributed by atoms with van der Waals surface area (Å²) in [5.74, 6) is -1.12. The van der Waals surface area contributed by atoms with Crippen molar-refractivity contribution in [1.29, 1.82) is 0 Å². The molecule has 0 aromatic heterocycles. The summed E-state index contributed by atoms with van der Waals surface area (Å²) in [6.07, 6.45) is 3.35. The maximum absolute atomic E-state index is 13.4. The quantitative estimate of drug-likeness (QED) is 0.168. The molecule has 1 heterocycles. The van der Waals surface area contributed by atoms with E-state index in [1.807, 2.05) is 36.4 Å². The van der Waals surface area contributed by atoms with Crippen LogP contribution in [0.2, 0.25) is 0 Å². The van der Waals surface area contributed by atoms with E-state index in [0.717, 1.165) is 11.1 Å². The molecule has 1 aromatic rings. The van der Waals surface area contributed by atoms with Gasteiger partial charge in [-0.15, -0.1) is 0 Å². The first-order valence-electron chi connectivity index (χ1n) is 17.1. The summed E-state index contributed by atoms with van der Waals surface area (Å²) >= 11 is 0. The highest BCUT2D eigenvalue weighted by Crippen LogP contribution is 2.71. The number of hydrogen-bond donors (Lipinski definition) is 5. The highest BCUT2D eigenvalue weighted by molar-refractivity contribution is 5.87. The van der Waals surface area contributed by atoms with E-state index in [1.165, 1.54) is 13.0 Å². The smallest absolute Gasteiger partial charge is 0.331 e. The van der Waals surface area contributed by atoms with Crippen LogP contribution in [-0.2, 0) is 23.7 Å². The molecule has 1 saturated heterocycles. The number of fused-ring (bicyclic) bond motifs is 5. The number of aliphatic hydroxyl groups is 5. The van der Waals surface area contributed by atoms with Crippen LogP contribution in [0.15, 0.2) is 48.1 Å². The average Bonchev–Trinajstić information content (AvgIpc) is 3.27. The zero-order chi connectivity index (χ0) is 34.0. The van der Waals surface area contributed by atoms with E-state index < -0.39 is 70.2 Å². The molecule has 0 radical (unpaired) electrons. The van der Waals surface area contributed by atoms with Crippen molar-refractivity contribution >= 4 is 12.0 Å². The topological polar surface area (TPSA) is 155 Å². The second kappa shape index (κ2) is 12.3. The van der Waals surface area contributed by atoms with Gasteiger partial charge in [-0.1, -0.05) is 55.8 Å². The molecule has 1 aliphatic heterocycles. The van der Waals surface area contributed by atoms with Crippen molar-refractivity contribution in [3.05, 3.63) is 53.6 Å². The van der Waals surface area contributed by atoms with Crippen LogP contribution in [0.4, 0.5) is 0 Å². The molecule has 0 bridgehead atoms. The molecule has 13 atom stereocenters. The monoisotopic (exact) mass is 656 g/mol. The summed E-state index contributed by atoms with van der Waals surface area (Å²) < 4.78 is 24.0. The number of carbonyl (C=O) groups is 1. The number of carbonyl (C=O) groups excluding carboxylic acids is 1. The molecule has 1 aromatic carbocycles. The molecule has 5 N–H and O–H groups in total. The standard InChI is InChI=1S/C37H52O10/c1-22-32(40)27(44-5)20-31(45-22)46-26-14-15-33(3)25(19-26)13-16-36(42)28(33)21-29(47-30(39)12-11-24-9-7-6-8-10-24)34(4)35(41,23(2)38)17-18-37(34,36)43/h6-13,22-23,26-29,31-32,38,40-43H,14-21H2,1-5H3. The number of ether oxygens (including phenoxy) is 4. The Labute approximate surface area is 277 Å². The Kier molecular flexibility index (Phi) is 9.09. The SMILES string of the molecule is COC1CC(OC2CCC3(C)C(=CCC4(O)C3CC(OC(=O)C=Cc3ccccc3)C3(C)C(O)(C(C)O)CCC43O)C2)OC(C)C1O. The molecular formula is C37H52O10. The molecule has 4 fully saturated rings. The van der Waals surface area contributed by atoms with Crippen molar-refractivity contribution in [3.63, 3.8) is 0 Å². The minimum absolute atomic E-state index is 0.0422. The van der Waals surface area contributed by atoms with Gasteiger partial charge in [0.2, 0.25) is 0 Å². The summed E-state index contributed by atoms with van der Waals surface area (Å²) in [5.41, 5.74) is -5.48. The van der Waals surface area contributed by atoms with Crippen LogP contribution in [0.5, 0.6) is 0 Å². The van der Waals surface area contributed by atoms with Crippen LogP contribution in [0.3, 0.4) is 0 Å². The van der Waals surface area contributed by atoms with Gasteiger partial charge in [0.05, 0.1) is 29.8 Å². The van der Waals surface area contributed by atoms with Crippen molar-refractivity contribution in [3.8, 4) is 0 Å². The number of aliphatic hydroxyl groups excluding tert-OH is 2. The molecule has 5 aliphatic rings. The lowest BCUT2D eigenvalue weighted by Crippen LogP contribution is -2.78. The largest absolute Gasteiger partial charge is 0.458 e. The zero-order valence-electron chi connectivity index (χ0n) is 28.2. The maximum Gasteiger partial charge on any atom is 0.331 e. The number of esters is 1. The van der Waals surface area contributed by atoms with Crippen molar-refractivity contribution < 1.29 is 49.3 Å². The molecule has 0 spiro atoms. The van der Waals surface area contributed by atoms with Gasteiger partial charge >= 0.3 is 5.97 Å². The molecular weight excluding hydrogens is 604 g/mol. The van der Waals surface area contributed by atoms with Gasteiger partial charge in [0, 0.05) is 25.5 Å². The summed E-state index contributed by atoms with van der Waals surface area (Å²) in [6, 6.07) is 9.35. The van der Waals surface area contributed by atoms with Crippen LogP contribution in [0.1, 0.15) is 84.6 Å². The Balaban J connectivity index is 1.29. The third-order valence-corrected chi connectivity index (χ3v) is 13.1. The molecule has 10 heteroatoms. The van der Waals surface area contributed by atoms with Gasteiger partial charge in [0.15, 0.2) is 6.29 Å². The Morgan fingerprint density at radius 3 is 2.49 bits per heavy atom. The van der Waals surface area contributed by atoms with E-state index in [0.29, 0.717) is 25.7 Å². The third kappa shape index (κ3) is 5.26. The molecule has 260 valence electrons. The second-order valence-electron chi connectivity index (χ2n) is 15.2. The first-order valence-corrected chi connectivity index (χ1v) is 17.1. The third-order valence-electron chi connectivity index (χ3n) is 13.1. The van der Waals surface area contributed by atoms with Crippen LogP contribution < -0.4 is 0 Å². The van der Waals surface area contributed by atoms with Crippen LogP contribution >= 0.6 is 0 Å². The average molecular weight is 657 g/mol. The molecule has 3 saturated carbocycles. The van der Waals surface area contributed by atoms with Crippen LogP contribution in [-0.4, -0.2) is 98.3 Å². The highest BCUT2D eigenvalue weighted by Gasteiger charge is 2.81. The van der Waals surface area contributed by atoms with Crippen molar-refractivity contribution in [2.45, 2.75) is 139 Å². The number of rotatable bonds is 7. The molecule has 0 amide bonds. The van der Waals surface area contributed by atoms with Gasteiger partial charge in [0.1, 0.15) is 29.0 Å². The van der Waals surface area contributed by atoms with Crippen LogP contribution in [0.25, 0.3) is 6.08 Å². The molecule has 47 heavy (non-hydrogen) atoms. The van der Waals surface area contributed by atoms with Gasteiger partial charge in [-0.2, -0.15) is 0 Å². The molecule has 13 unspecified atom stereocenters. The molecule has 6 rings (SSSR count).